The van der Waals surface area contributed by atoms with E-state index in [9.17, 15) is 0 Å². The second kappa shape index (κ2) is 13.9. The highest BCUT2D eigenvalue weighted by atomic mass is 28.4. The van der Waals surface area contributed by atoms with Gasteiger partial charge in [0.15, 0.2) is 6.29 Å². The van der Waals surface area contributed by atoms with Crippen LogP contribution in [0.15, 0.2) is 121 Å². The average Bonchev–Trinajstić information content (AvgIpc) is 3.35. The monoisotopic (exact) mass is 582 g/mol. The van der Waals surface area contributed by atoms with Crippen LogP contribution in [0.3, 0.4) is 0 Å². The fourth-order valence-electron chi connectivity index (χ4n) is 5.87. The van der Waals surface area contributed by atoms with Crippen LogP contribution in [0.4, 0.5) is 0 Å². The summed E-state index contributed by atoms with van der Waals surface area (Å²) in [4.78, 5) is 0. The van der Waals surface area contributed by atoms with Gasteiger partial charge in [0.1, 0.15) is 18.3 Å². The first-order valence-electron chi connectivity index (χ1n) is 14.7. The van der Waals surface area contributed by atoms with E-state index in [4.69, 9.17) is 23.4 Å². The van der Waals surface area contributed by atoms with Gasteiger partial charge in [-0.15, -0.1) is 0 Å². The molecule has 0 bridgehead atoms. The van der Waals surface area contributed by atoms with E-state index in [-0.39, 0.29) is 11.1 Å². The van der Waals surface area contributed by atoms with Crippen molar-refractivity contribution in [3.05, 3.63) is 132 Å². The molecule has 0 spiro atoms. The van der Waals surface area contributed by atoms with Crippen molar-refractivity contribution >= 4 is 18.7 Å². The molecule has 0 aromatic heterocycles. The van der Waals surface area contributed by atoms with Gasteiger partial charge in [0.2, 0.25) is 0 Å². The van der Waals surface area contributed by atoms with E-state index >= 15 is 0 Å². The summed E-state index contributed by atoms with van der Waals surface area (Å²) in [5.41, 5.74) is 2.20. The standard InChI is InChI=1S/C36H42O5Si/c1-36(2,3)42(30-21-13-7-14-22-30,31-23-15-8-16-24-31)41-34-33(39-26-29-19-11-6-12-20-29)32(40-35(34)37-4)27-38-25-28-17-9-5-10-18-28/h5-24,32-35H,25-27H2,1-4H3/t32-,33+,34-,35?/m1/s1. The number of ether oxygens (including phenoxy) is 4. The highest BCUT2D eigenvalue weighted by molar-refractivity contribution is 6.99. The summed E-state index contributed by atoms with van der Waals surface area (Å²) < 4.78 is 32.9. The van der Waals surface area contributed by atoms with Crippen molar-refractivity contribution in [2.24, 2.45) is 0 Å². The molecule has 0 saturated carbocycles. The van der Waals surface area contributed by atoms with Gasteiger partial charge in [0, 0.05) is 7.11 Å². The Hall–Kier alpha value is -3.10. The molecule has 0 N–H and O–H groups in total. The smallest absolute Gasteiger partial charge is 0.261 e. The quantitative estimate of drug-likeness (QED) is 0.189. The number of rotatable bonds is 12. The van der Waals surface area contributed by atoms with Crippen LogP contribution >= 0.6 is 0 Å². The first-order valence-corrected chi connectivity index (χ1v) is 16.6. The molecule has 0 radical (unpaired) electrons. The zero-order valence-electron chi connectivity index (χ0n) is 25.0. The van der Waals surface area contributed by atoms with Crippen molar-refractivity contribution in [2.45, 2.75) is 63.6 Å². The molecule has 4 aromatic rings. The summed E-state index contributed by atoms with van der Waals surface area (Å²) in [6.07, 6.45) is -1.87. The third-order valence-corrected chi connectivity index (χ3v) is 12.9. The predicted molar refractivity (Wildman–Crippen MR) is 169 cm³/mol. The maximum atomic E-state index is 7.54. The van der Waals surface area contributed by atoms with Crippen molar-refractivity contribution < 1.29 is 23.4 Å². The molecular weight excluding hydrogens is 540 g/mol. The van der Waals surface area contributed by atoms with E-state index < -0.39 is 26.8 Å². The van der Waals surface area contributed by atoms with E-state index in [1.807, 2.05) is 36.4 Å². The first kappa shape index (κ1) is 30.4. The molecule has 1 aliphatic rings. The lowest BCUT2D eigenvalue weighted by Crippen LogP contribution is -2.69. The van der Waals surface area contributed by atoms with E-state index in [0.717, 1.165) is 11.1 Å². The Bertz CT molecular complexity index is 1310. The lowest BCUT2D eigenvalue weighted by molar-refractivity contribution is -0.154. The highest BCUT2D eigenvalue weighted by Crippen LogP contribution is 2.40. The molecule has 5 nitrogen and oxygen atoms in total. The van der Waals surface area contributed by atoms with Crippen LogP contribution < -0.4 is 10.4 Å². The maximum Gasteiger partial charge on any atom is 0.261 e. The van der Waals surface area contributed by atoms with Gasteiger partial charge < -0.3 is 23.4 Å². The Kier molecular flexibility index (Phi) is 10.1. The summed E-state index contributed by atoms with van der Waals surface area (Å²) >= 11 is 0. The molecule has 0 aliphatic carbocycles. The molecule has 4 aromatic carbocycles. The predicted octanol–water partition coefficient (Wildman–Crippen LogP) is 6.11. The molecule has 0 amide bonds. The van der Waals surface area contributed by atoms with Gasteiger partial charge in [-0.05, 0) is 26.5 Å². The van der Waals surface area contributed by atoms with E-state index in [2.05, 4.69) is 106 Å². The molecule has 1 unspecified atom stereocenters. The van der Waals surface area contributed by atoms with Crippen LogP contribution in [0.25, 0.3) is 0 Å². The van der Waals surface area contributed by atoms with Crippen LogP contribution in [-0.2, 0) is 36.6 Å². The summed E-state index contributed by atoms with van der Waals surface area (Å²) in [6.45, 7) is 8.10. The Morgan fingerprint density at radius 1 is 0.643 bits per heavy atom. The Labute approximate surface area is 251 Å². The van der Waals surface area contributed by atoms with Gasteiger partial charge in [0.05, 0.1) is 19.8 Å². The summed E-state index contributed by atoms with van der Waals surface area (Å²) in [5, 5.41) is 2.19. The lowest BCUT2D eigenvalue weighted by atomic mass is 10.1. The molecule has 220 valence electrons. The molecular formula is C36H42O5Si. The van der Waals surface area contributed by atoms with Crippen molar-refractivity contribution in [2.75, 3.05) is 13.7 Å². The highest BCUT2D eigenvalue weighted by Gasteiger charge is 2.56. The Morgan fingerprint density at radius 2 is 1.12 bits per heavy atom. The largest absolute Gasteiger partial charge is 0.396 e. The molecule has 1 heterocycles. The Morgan fingerprint density at radius 3 is 1.60 bits per heavy atom. The number of benzene rings is 4. The molecule has 4 atom stereocenters. The molecule has 6 heteroatoms. The topological polar surface area (TPSA) is 46.2 Å². The van der Waals surface area contributed by atoms with E-state index in [1.165, 1.54) is 10.4 Å². The van der Waals surface area contributed by atoms with Gasteiger partial charge in [-0.3, -0.25) is 0 Å². The summed E-state index contributed by atoms with van der Waals surface area (Å²) in [6, 6.07) is 41.7. The van der Waals surface area contributed by atoms with Crippen molar-refractivity contribution in [3.8, 4) is 0 Å². The van der Waals surface area contributed by atoms with E-state index in [0.29, 0.717) is 19.8 Å². The first-order chi connectivity index (χ1) is 20.4. The molecule has 1 fully saturated rings. The van der Waals surface area contributed by atoms with Crippen LogP contribution in [-0.4, -0.2) is 46.6 Å². The second-order valence-corrected chi connectivity index (χ2v) is 16.0. The number of hydrogen-bond acceptors (Lipinski definition) is 5. The normalized spacial score (nSPS) is 21.0. The molecule has 1 aliphatic heterocycles. The van der Waals surface area contributed by atoms with Crippen molar-refractivity contribution in [3.63, 3.8) is 0 Å². The number of hydrogen-bond donors (Lipinski definition) is 0. The van der Waals surface area contributed by atoms with Crippen molar-refractivity contribution in [1.82, 2.24) is 0 Å². The van der Waals surface area contributed by atoms with Gasteiger partial charge >= 0.3 is 0 Å². The average molecular weight is 583 g/mol. The lowest BCUT2D eigenvalue weighted by Gasteiger charge is -2.45. The van der Waals surface area contributed by atoms with Crippen LogP contribution in [0.5, 0.6) is 0 Å². The zero-order chi connectivity index (χ0) is 29.4. The second-order valence-electron chi connectivity index (χ2n) is 11.8. The zero-order valence-corrected chi connectivity index (χ0v) is 26.0. The van der Waals surface area contributed by atoms with Crippen LogP contribution in [0.1, 0.15) is 31.9 Å². The fraction of sp³-hybridized carbons (Fsp3) is 0.333. The maximum absolute atomic E-state index is 7.54. The van der Waals surface area contributed by atoms with Gasteiger partial charge in [-0.25, -0.2) is 0 Å². The summed E-state index contributed by atoms with van der Waals surface area (Å²) in [7, 11) is -1.24. The minimum atomic E-state index is -2.92. The van der Waals surface area contributed by atoms with Gasteiger partial charge in [-0.1, -0.05) is 142 Å². The fourth-order valence-corrected chi connectivity index (χ4v) is 10.5. The molecule has 42 heavy (non-hydrogen) atoms. The molecule has 5 rings (SSSR count). The minimum absolute atomic E-state index is 0.208. The minimum Gasteiger partial charge on any atom is -0.396 e. The van der Waals surface area contributed by atoms with E-state index in [1.54, 1.807) is 7.11 Å². The third kappa shape index (κ3) is 6.75. The van der Waals surface area contributed by atoms with Crippen molar-refractivity contribution in [1.29, 1.82) is 0 Å². The van der Waals surface area contributed by atoms with Gasteiger partial charge in [-0.2, -0.15) is 0 Å². The number of methoxy groups -OCH3 is 1. The Balaban J connectivity index is 1.50. The third-order valence-electron chi connectivity index (χ3n) is 7.91. The van der Waals surface area contributed by atoms with Crippen LogP contribution in [0, 0.1) is 0 Å². The molecule has 1 saturated heterocycles. The SMILES string of the molecule is COC1O[C@H](COCc2ccccc2)[C@H](OCc2ccccc2)[C@H]1O[Si](c1ccccc1)(c1ccccc1)C(C)(C)C. The summed E-state index contributed by atoms with van der Waals surface area (Å²) in [5.74, 6) is 0. The van der Waals surface area contributed by atoms with Gasteiger partial charge in [0.25, 0.3) is 8.32 Å². The van der Waals surface area contributed by atoms with Crippen LogP contribution in [0.2, 0.25) is 5.04 Å².